The van der Waals surface area contributed by atoms with Crippen LogP contribution in [-0.2, 0) is 7.05 Å². The second-order valence-electron chi connectivity index (χ2n) is 2.46. The first kappa shape index (κ1) is 9.51. The van der Waals surface area contributed by atoms with Crippen molar-refractivity contribution in [3.05, 3.63) is 23.8 Å². The number of hydrogen-bond donors (Lipinski definition) is 0. The second-order valence-corrected chi connectivity index (χ2v) is 2.46. The summed E-state index contributed by atoms with van der Waals surface area (Å²) in [4.78, 5) is 0. The van der Waals surface area contributed by atoms with Crippen molar-refractivity contribution in [2.75, 3.05) is 7.11 Å². The van der Waals surface area contributed by atoms with E-state index in [0.717, 1.165) is 11.2 Å². The van der Waals surface area contributed by atoms with Crippen LogP contribution in [0.1, 0.15) is 6.92 Å². The lowest BCUT2D eigenvalue weighted by Crippen LogP contribution is -2.16. The number of hydrogen-bond acceptors (Lipinski definition) is 3. The Labute approximate surface area is 77.2 Å². The highest BCUT2D eigenvalue weighted by atomic mass is 16.5. The van der Waals surface area contributed by atoms with Gasteiger partial charge in [-0.15, -0.1) is 5.10 Å². The minimum Gasteiger partial charge on any atom is -0.497 e. The van der Waals surface area contributed by atoms with Gasteiger partial charge in [-0.2, -0.15) is 5.10 Å². The molecule has 1 aromatic heterocycles. The molecule has 0 saturated heterocycles. The molecule has 0 bridgehead atoms. The van der Waals surface area contributed by atoms with Gasteiger partial charge in [-0.3, -0.25) is 0 Å². The van der Waals surface area contributed by atoms with E-state index in [9.17, 15) is 0 Å². The summed E-state index contributed by atoms with van der Waals surface area (Å²) >= 11 is 0. The van der Waals surface area contributed by atoms with Crippen LogP contribution in [0.25, 0.3) is 0 Å². The Morgan fingerprint density at radius 2 is 2.31 bits per heavy atom. The molecule has 0 spiro atoms. The fraction of sp³-hybridized carbons (Fsp3) is 0.333. The predicted molar refractivity (Wildman–Crippen MR) is 50.6 cm³/mol. The molecule has 4 nitrogen and oxygen atoms in total. The third-order valence-electron chi connectivity index (χ3n) is 1.58. The summed E-state index contributed by atoms with van der Waals surface area (Å²) in [6.07, 6.45) is 4.45. The van der Waals surface area contributed by atoms with E-state index in [1.165, 1.54) is 0 Å². The summed E-state index contributed by atoms with van der Waals surface area (Å²) in [5.41, 5.74) is 0.730. The van der Waals surface area contributed by atoms with Crippen LogP contribution >= 0.6 is 0 Å². The molecule has 0 aliphatic carbocycles. The number of aromatic nitrogens is 1. The molecule has 1 aromatic rings. The molecule has 0 aliphatic rings. The fourth-order valence-corrected chi connectivity index (χ4v) is 0.866. The molecule has 69 valence electrons. The summed E-state index contributed by atoms with van der Waals surface area (Å²) in [6, 6.07) is 3.67. The molecule has 0 N–H and O–H groups in total. The van der Waals surface area contributed by atoms with Gasteiger partial charge in [-0.25, -0.2) is 0 Å². The van der Waals surface area contributed by atoms with E-state index in [0.29, 0.717) is 0 Å². The van der Waals surface area contributed by atoms with Crippen LogP contribution in [0.15, 0.2) is 28.5 Å². The third-order valence-corrected chi connectivity index (χ3v) is 1.58. The number of methoxy groups -OCH3 is 1. The molecule has 0 atom stereocenters. The average molecular weight is 178 g/mol. The number of rotatable bonds is 2. The Morgan fingerprint density at radius 3 is 2.92 bits per heavy atom. The van der Waals surface area contributed by atoms with E-state index in [1.807, 2.05) is 23.9 Å². The normalized spacial score (nSPS) is 12.4. The minimum atomic E-state index is 0.730. The van der Waals surface area contributed by atoms with Gasteiger partial charge in [0, 0.05) is 19.3 Å². The Kier molecular flexibility index (Phi) is 3.25. The van der Waals surface area contributed by atoms with Crippen molar-refractivity contribution in [3.63, 3.8) is 0 Å². The van der Waals surface area contributed by atoms with E-state index in [-0.39, 0.29) is 0 Å². The zero-order valence-electron chi connectivity index (χ0n) is 7.98. The third kappa shape index (κ3) is 2.43. The molecule has 13 heavy (non-hydrogen) atoms. The van der Waals surface area contributed by atoms with Crippen molar-refractivity contribution < 1.29 is 4.74 Å². The molecule has 0 saturated carbocycles. The molecule has 0 aromatic carbocycles. The Hall–Kier alpha value is -1.58. The van der Waals surface area contributed by atoms with Crippen LogP contribution in [0.3, 0.4) is 0 Å². The second kappa shape index (κ2) is 4.45. The number of nitrogens with zero attached hydrogens (tertiary/aromatic N) is 3. The number of ether oxygens (including phenoxy) is 1. The molecular weight excluding hydrogens is 166 g/mol. The van der Waals surface area contributed by atoms with Crippen molar-refractivity contribution in [1.82, 2.24) is 4.57 Å². The van der Waals surface area contributed by atoms with Crippen LogP contribution in [0, 0.1) is 0 Å². The Bertz CT molecular complexity index is 365. The molecule has 0 amide bonds. The van der Waals surface area contributed by atoms with Gasteiger partial charge in [0.25, 0.3) is 0 Å². The fourth-order valence-electron chi connectivity index (χ4n) is 0.866. The van der Waals surface area contributed by atoms with E-state index in [1.54, 1.807) is 20.1 Å². The van der Waals surface area contributed by atoms with Crippen LogP contribution in [0.5, 0.6) is 5.75 Å². The monoisotopic (exact) mass is 178 g/mol. The maximum absolute atomic E-state index is 5.05. The van der Waals surface area contributed by atoms with Crippen molar-refractivity contribution >= 4 is 6.21 Å². The van der Waals surface area contributed by atoms with Crippen LogP contribution in [0.2, 0.25) is 0 Å². The Balaban J connectivity index is 3.18. The molecule has 1 rings (SSSR count). The molecular formula is C9H12N3O. The summed E-state index contributed by atoms with van der Waals surface area (Å²) in [7, 11) is 3.51. The summed E-state index contributed by atoms with van der Waals surface area (Å²) in [5.74, 6) is 0.767. The maximum Gasteiger partial charge on any atom is 0.158 e. The quantitative estimate of drug-likeness (QED) is 0.488. The zero-order valence-corrected chi connectivity index (χ0v) is 7.98. The lowest BCUT2D eigenvalue weighted by molar-refractivity contribution is 0.412. The van der Waals surface area contributed by atoms with Crippen molar-refractivity contribution in [2.24, 2.45) is 17.3 Å². The van der Waals surface area contributed by atoms with Gasteiger partial charge in [0.05, 0.1) is 13.3 Å². The first-order chi connectivity index (χ1) is 6.27. The van der Waals surface area contributed by atoms with Gasteiger partial charge >= 0.3 is 0 Å². The lowest BCUT2D eigenvalue weighted by atomic mass is 10.4. The average Bonchev–Trinajstić information content (AvgIpc) is 2.17. The topological polar surface area (TPSA) is 38.9 Å². The first-order valence-corrected chi connectivity index (χ1v) is 3.89. The van der Waals surface area contributed by atoms with Gasteiger partial charge < -0.3 is 9.30 Å². The SMILES string of the molecule is C/[C]=N/N=c1\cc(OC)ccn1C. The van der Waals surface area contributed by atoms with E-state index < -0.39 is 0 Å². The van der Waals surface area contributed by atoms with Crippen molar-refractivity contribution in [3.8, 4) is 5.75 Å². The van der Waals surface area contributed by atoms with Crippen molar-refractivity contribution in [1.29, 1.82) is 0 Å². The highest BCUT2D eigenvalue weighted by molar-refractivity contribution is 5.52. The minimum absolute atomic E-state index is 0.730. The summed E-state index contributed by atoms with van der Waals surface area (Å²) < 4.78 is 6.90. The predicted octanol–water partition coefficient (Wildman–Crippen LogP) is 0.817. The van der Waals surface area contributed by atoms with Crippen LogP contribution in [0.4, 0.5) is 0 Å². The smallest absolute Gasteiger partial charge is 0.158 e. The molecule has 0 fully saturated rings. The molecule has 0 unspecified atom stereocenters. The number of aryl methyl sites for hydroxylation is 1. The summed E-state index contributed by atoms with van der Waals surface area (Å²) in [6.45, 7) is 1.70. The molecule has 0 aliphatic heterocycles. The lowest BCUT2D eigenvalue weighted by Gasteiger charge is -2.01. The Morgan fingerprint density at radius 1 is 1.54 bits per heavy atom. The first-order valence-electron chi connectivity index (χ1n) is 3.89. The van der Waals surface area contributed by atoms with Crippen molar-refractivity contribution in [2.45, 2.75) is 6.92 Å². The standard InChI is InChI=1S/C9H12N3O/c1-4-10-11-9-7-8(13-3)5-6-12(9)2/h5-7H,1-3H3/b10-4?,11-9+. The maximum atomic E-state index is 5.05. The molecule has 1 radical (unpaired) electrons. The summed E-state index contributed by atoms with van der Waals surface area (Å²) in [5, 5.41) is 7.61. The van der Waals surface area contributed by atoms with Gasteiger partial charge in [0.15, 0.2) is 5.49 Å². The van der Waals surface area contributed by atoms with Gasteiger partial charge in [-0.05, 0) is 13.0 Å². The van der Waals surface area contributed by atoms with E-state index in [2.05, 4.69) is 16.4 Å². The molecule has 4 heteroatoms. The van der Waals surface area contributed by atoms with Gasteiger partial charge in [0.2, 0.25) is 0 Å². The zero-order chi connectivity index (χ0) is 9.68. The number of pyridine rings is 1. The van der Waals surface area contributed by atoms with Crippen LogP contribution in [-0.4, -0.2) is 17.9 Å². The molecule has 1 heterocycles. The highest BCUT2D eigenvalue weighted by Crippen LogP contribution is 2.02. The highest BCUT2D eigenvalue weighted by Gasteiger charge is 1.91. The van der Waals surface area contributed by atoms with E-state index >= 15 is 0 Å². The largest absolute Gasteiger partial charge is 0.497 e. The van der Waals surface area contributed by atoms with Gasteiger partial charge in [0.1, 0.15) is 5.75 Å². The van der Waals surface area contributed by atoms with Crippen LogP contribution < -0.4 is 10.2 Å². The van der Waals surface area contributed by atoms with E-state index in [4.69, 9.17) is 4.74 Å². The van der Waals surface area contributed by atoms with Gasteiger partial charge in [-0.1, -0.05) is 0 Å².